The van der Waals surface area contributed by atoms with Crippen molar-refractivity contribution in [3.63, 3.8) is 0 Å². The third kappa shape index (κ3) is 2.76. The quantitative estimate of drug-likeness (QED) is 0.910. The molecule has 0 unspecified atom stereocenters. The lowest BCUT2D eigenvalue weighted by atomic mass is 10.2. The number of likely N-dealkylation sites (N-methyl/N-ethyl adjacent to an activating group) is 1. The first-order chi connectivity index (χ1) is 8.22. The molecule has 2 N–H and O–H groups in total. The van der Waals surface area contributed by atoms with Crippen LogP contribution in [-0.2, 0) is 6.42 Å². The van der Waals surface area contributed by atoms with Crippen molar-refractivity contribution in [2.24, 2.45) is 0 Å². The number of aromatic amines is 1. The Morgan fingerprint density at radius 1 is 1.35 bits per heavy atom. The van der Waals surface area contributed by atoms with Gasteiger partial charge in [0.1, 0.15) is 5.82 Å². The molecule has 0 spiro atoms. The number of imidazole rings is 1. The van der Waals surface area contributed by atoms with Gasteiger partial charge >= 0.3 is 0 Å². The average molecular weight is 294 g/mol. The molecule has 1 aromatic carbocycles. The van der Waals surface area contributed by atoms with Gasteiger partial charge in [-0.15, -0.1) is 0 Å². The lowest BCUT2D eigenvalue weighted by Crippen LogP contribution is -2.11. The molecule has 0 bridgehead atoms. The Morgan fingerprint density at radius 3 is 2.82 bits per heavy atom. The highest BCUT2D eigenvalue weighted by Gasteiger charge is 2.09. The molecule has 0 aliphatic carbocycles. The van der Waals surface area contributed by atoms with E-state index in [1.807, 2.05) is 25.2 Å². The van der Waals surface area contributed by atoms with Gasteiger partial charge in [0.15, 0.2) is 0 Å². The third-order valence-corrected chi connectivity index (χ3v) is 3.42. The number of H-pyrrole nitrogens is 1. The summed E-state index contributed by atoms with van der Waals surface area (Å²) < 4.78 is 1.06. The minimum Gasteiger partial charge on any atom is -0.342 e. The lowest BCUT2D eigenvalue weighted by Gasteiger charge is -1.99. The fourth-order valence-electron chi connectivity index (χ4n) is 1.76. The number of hydrogen-bond acceptors (Lipinski definition) is 2. The fourth-order valence-corrected chi connectivity index (χ4v) is 2.24. The molecular weight excluding hydrogens is 278 g/mol. The van der Waals surface area contributed by atoms with Crippen molar-refractivity contribution in [3.8, 4) is 11.4 Å². The van der Waals surface area contributed by atoms with Crippen LogP contribution in [0.5, 0.6) is 0 Å². The molecule has 0 radical (unpaired) electrons. The molecule has 0 fully saturated rings. The normalized spacial score (nSPS) is 10.8. The van der Waals surface area contributed by atoms with Gasteiger partial charge in [-0.05, 0) is 20.0 Å². The smallest absolute Gasteiger partial charge is 0.138 e. The molecule has 17 heavy (non-hydrogen) atoms. The lowest BCUT2D eigenvalue weighted by molar-refractivity contribution is 0.776. The number of benzene rings is 1. The predicted molar refractivity (Wildman–Crippen MR) is 74.1 cm³/mol. The van der Waals surface area contributed by atoms with Crippen LogP contribution in [0.2, 0.25) is 0 Å². The van der Waals surface area contributed by atoms with Crippen LogP contribution < -0.4 is 5.32 Å². The van der Waals surface area contributed by atoms with E-state index in [1.165, 1.54) is 0 Å². The topological polar surface area (TPSA) is 40.7 Å². The molecule has 2 rings (SSSR count). The average Bonchev–Trinajstić information content (AvgIpc) is 2.68. The van der Waals surface area contributed by atoms with Crippen LogP contribution in [0.25, 0.3) is 11.4 Å². The van der Waals surface area contributed by atoms with Crippen LogP contribution in [0.3, 0.4) is 0 Å². The molecule has 1 heterocycles. The van der Waals surface area contributed by atoms with Gasteiger partial charge in [-0.25, -0.2) is 4.98 Å². The molecule has 0 atom stereocenters. The predicted octanol–water partition coefficient (Wildman–Crippen LogP) is 2.91. The third-order valence-electron chi connectivity index (χ3n) is 2.73. The SMILES string of the molecule is CNCCc1nc(-c2ccccc2Br)[nH]c1C. The summed E-state index contributed by atoms with van der Waals surface area (Å²) in [6.45, 7) is 3.01. The Bertz CT molecular complexity index is 505. The number of halogens is 1. The van der Waals surface area contributed by atoms with Crippen molar-refractivity contribution in [1.82, 2.24) is 15.3 Å². The molecule has 0 saturated heterocycles. The first-order valence-electron chi connectivity index (χ1n) is 5.67. The maximum absolute atomic E-state index is 4.65. The van der Waals surface area contributed by atoms with Crippen molar-refractivity contribution in [2.75, 3.05) is 13.6 Å². The largest absolute Gasteiger partial charge is 0.342 e. The standard InChI is InChI=1S/C13H16BrN3/c1-9-12(7-8-15-2)17-13(16-9)10-5-3-4-6-11(10)14/h3-6,15H,7-8H2,1-2H3,(H,16,17). The zero-order valence-corrected chi connectivity index (χ0v) is 11.6. The summed E-state index contributed by atoms with van der Waals surface area (Å²) in [5, 5.41) is 3.14. The Labute approximate surface area is 110 Å². The van der Waals surface area contributed by atoms with Crippen LogP contribution in [0.1, 0.15) is 11.4 Å². The molecule has 0 aliphatic rings. The van der Waals surface area contributed by atoms with Crippen LogP contribution in [-0.4, -0.2) is 23.6 Å². The summed E-state index contributed by atoms with van der Waals surface area (Å²) in [4.78, 5) is 7.99. The van der Waals surface area contributed by atoms with Gasteiger partial charge in [0, 0.05) is 28.7 Å². The van der Waals surface area contributed by atoms with Crippen molar-refractivity contribution >= 4 is 15.9 Å². The van der Waals surface area contributed by atoms with Crippen molar-refractivity contribution in [3.05, 3.63) is 40.1 Å². The molecule has 1 aromatic heterocycles. The van der Waals surface area contributed by atoms with Crippen molar-refractivity contribution in [2.45, 2.75) is 13.3 Å². The zero-order valence-electron chi connectivity index (χ0n) is 10.0. The summed E-state index contributed by atoms with van der Waals surface area (Å²) >= 11 is 3.55. The number of nitrogens with one attached hydrogen (secondary N) is 2. The van der Waals surface area contributed by atoms with Crippen molar-refractivity contribution < 1.29 is 0 Å². The molecular formula is C13H16BrN3. The van der Waals surface area contributed by atoms with Crippen LogP contribution in [0, 0.1) is 6.92 Å². The van der Waals surface area contributed by atoms with Crippen molar-refractivity contribution in [1.29, 1.82) is 0 Å². The van der Waals surface area contributed by atoms with E-state index in [2.05, 4.69) is 44.2 Å². The number of rotatable bonds is 4. The van der Waals surface area contributed by atoms with E-state index in [-0.39, 0.29) is 0 Å². The van der Waals surface area contributed by atoms with E-state index in [4.69, 9.17) is 0 Å². The highest BCUT2D eigenvalue weighted by molar-refractivity contribution is 9.10. The van der Waals surface area contributed by atoms with Gasteiger partial charge < -0.3 is 10.3 Å². The first-order valence-corrected chi connectivity index (χ1v) is 6.46. The highest BCUT2D eigenvalue weighted by atomic mass is 79.9. The second-order valence-electron chi connectivity index (χ2n) is 3.99. The minimum absolute atomic E-state index is 0.932. The van der Waals surface area contributed by atoms with Crippen LogP contribution in [0.15, 0.2) is 28.7 Å². The fraction of sp³-hybridized carbons (Fsp3) is 0.308. The van der Waals surface area contributed by atoms with Crippen LogP contribution in [0.4, 0.5) is 0 Å². The van der Waals surface area contributed by atoms with Gasteiger partial charge in [-0.3, -0.25) is 0 Å². The number of hydrogen-bond donors (Lipinski definition) is 2. The Balaban J connectivity index is 2.31. The van der Waals surface area contributed by atoms with E-state index in [0.717, 1.165) is 40.2 Å². The maximum atomic E-state index is 4.65. The molecule has 4 heteroatoms. The number of aromatic nitrogens is 2. The molecule has 2 aromatic rings. The van der Waals surface area contributed by atoms with E-state index in [1.54, 1.807) is 0 Å². The van der Waals surface area contributed by atoms with Gasteiger partial charge in [-0.2, -0.15) is 0 Å². The molecule has 0 amide bonds. The second kappa shape index (κ2) is 5.47. The maximum Gasteiger partial charge on any atom is 0.138 e. The summed E-state index contributed by atoms with van der Waals surface area (Å²) in [7, 11) is 1.96. The van der Waals surface area contributed by atoms with E-state index in [0.29, 0.717) is 0 Å². The number of nitrogens with zero attached hydrogens (tertiary/aromatic N) is 1. The van der Waals surface area contributed by atoms with Crippen LogP contribution >= 0.6 is 15.9 Å². The van der Waals surface area contributed by atoms with Gasteiger partial charge in [-0.1, -0.05) is 34.1 Å². The van der Waals surface area contributed by atoms with E-state index >= 15 is 0 Å². The zero-order chi connectivity index (χ0) is 12.3. The molecule has 0 aliphatic heterocycles. The van der Waals surface area contributed by atoms with E-state index < -0.39 is 0 Å². The monoisotopic (exact) mass is 293 g/mol. The van der Waals surface area contributed by atoms with Gasteiger partial charge in [0.05, 0.1) is 5.69 Å². The Kier molecular flexibility index (Phi) is 3.97. The molecule has 0 saturated carbocycles. The summed E-state index contributed by atoms with van der Waals surface area (Å²) in [6, 6.07) is 8.11. The number of aryl methyl sites for hydroxylation is 1. The first kappa shape index (κ1) is 12.3. The van der Waals surface area contributed by atoms with Gasteiger partial charge in [0.2, 0.25) is 0 Å². The van der Waals surface area contributed by atoms with E-state index in [9.17, 15) is 0 Å². The summed E-state index contributed by atoms with van der Waals surface area (Å²) in [5.74, 6) is 0.932. The van der Waals surface area contributed by atoms with Gasteiger partial charge in [0.25, 0.3) is 0 Å². The summed E-state index contributed by atoms with van der Waals surface area (Å²) in [6.07, 6.45) is 0.948. The minimum atomic E-state index is 0.932. The Hall–Kier alpha value is -1.13. The molecule has 90 valence electrons. The Morgan fingerprint density at radius 2 is 2.12 bits per heavy atom. The highest BCUT2D eigenvalue weighted by Crippen LogP contribution is 2.26. The summed E-state index contributed by atoms with van der Waals surface area (Å²) in [5.41, 5.74) is 3.38. The molecule has 3 nitrogen and oxygen atoms in total. The second-order valence-corrected chi connectivity index (χ2v) is 4.84.